The Labute approximate surface area is 107 Å². The molecule has 1 rings (SSSR count). The van der Waals surface area contributed by atoms with Crippen LogP contribution in [0.4, 0.5) is 5.69 Å². The van der Waals surface area contributed by atoms with Crippen LogP contribution in [-0.4, -0.2) is 30.3 Å². The number of carbonyl (C=O) groups excluding carboxylic acids is 2. The van der Waals surface area contributed by atoms with Crippen molar-refractivity contribution in [1.29, 1.82) is 0 Å². The Morgan fingerprint density at radius 2 is 2.11 bits per heavy atom. The number of rotatable bonds is 4. The van der Waals surface area contributed by atoms with Crippen LogP contribution in [0, 0.1) is 10.1 Å². The number of nitro benzene ring substituents is 1. The van der Waals surface area contributed by atoms with Gasteiger partial charge in [0, 0.05) is 18.7 Å². The standard InChI is InChI=1S/C10H10ClN3O4/c1-12-9(15)5-13-10(16)6-2-3-8(14(17)18)7(11)4-6/h2-4H,5H2,1H3,(H,12,15)(H,13,16). The Bertz CT molecular complexity index is 504. The number of hydrogen-bond acceptors (Lipinski definition) is 4. The molecule has 0 spiro atoms. The van der Waals surface area contributed by atoms with Crippen LogP contribution in [-0.2, 0) is 4.79 Å². The van der Waals surface area contributed by atoms with Gasteiger partial charge in [-0.05, 0) is 12.1 Å². The molecule has 0 saturated heterocycles. The Morgan fingerprint density at radius 3 is 2.61 bits per heavy atom. The highest BCUT2D eigenvalue weighted by molar-refractivity contribution is 6.33. The van der Waals surface area contributed by atoms with Crippen molar-refractivity contribution >= 4 is 29.1 Å². The van der Waals surface area contributed by atoms with Crippen LogP contribution in [0.2, 0.25) is 5.02 Å². The van der Waals surface area contributed by atoms with E-state index in [1.54, 1.807) is 0 Å². The van der Waals surface area contributed by atoms with Crippen LogP contribution in [0.25, 0.3) is 0 Å². The van der Waals surface area contributed by atoms with Gasteiger partial charge in [0.15, 0.2) is 0 Å². The average Bonchev–Trinajstić information content (AvgIpc) is 2.34. The van der Waals surface area contributed by atoms with E-state index in [1.165, 1.54) is 19.2 Å². The quantitative estimate of drug-likeness (QED) is 0.622. The zero-order chi connectivity index (χ0) is 13.7. The maximum Gasteiger partial charge on any atom is 0.287 e. The van der Waals surface area contributed by atoms with E-state index in [0.717, 1.165) is 6.07 Å². The first-order valence-corrected chi connectivity index (χ1v) is 5.26. The molecule has 7 nitrogen and oxygen atoms in total. The number of nitro groups is 1. The summed E-state index contributed by atoms with van der Waals surface area (Å²) in [5.74, 6) is -0.883. The van der Waals surface area contributed by atoms with Crippen molar-refractivity contribution in [2.24, 2.45) is 0 Å². The molecule has 0 aliphatic heterocycles. The Morgan fingerprint density at radius 1 is 1.44 bits per heavy atom. The van der Waals surface area contributed by atoms with Crippen molar-refractivity contribution in [1.82, 2.24) is 10.6 Å². The van der Waals surface area contributed by atoms with Crippen LogP contribution in [0.1, 0.15) is 10.4 Å². The lowest BCUT2D eigenvalue weighted by Crippen LogP contribution is -2.35. The number of nitrogens with zero attached hydrogens (tertiary/aromatic N) is 1. The van der Waals surface area contributed by atoms with E-state index < -0.39 is 10.8 Å². The molecule has 2 N–H and O–H groups in total. The number of hydrogen-bond donors (Lipinski definition) is 2. The zero-order valence-electron chi connectivity index (χ0n) is 9.40. The van der Waals surface area contributed by atoms with Gasteiger partial charge in [-0.1, -0.05) is 11.6 Å². The summed E-state index contributed by atoms with van der Waals surface area (Å²) in [5, 5.41) is 15.1. The highest BCUT2D eigenvalue weighted by Gasteiger charge is 2.15. The third kappa shape index (κ3) is 3.42. The third-order valence-electron chi connectivity index (χ3n) is 2.09. The van der Waals surface area contributed by atoms with E-state index in [2.05, 4.69) is 10.6 Å². The summed E-state index contributed by atoms with van der Waals surface area (Å²) in [6.45, 7) is -0.177. The zero-order valence-corrected chi connectivity index (χ0v) is 10.2. The number of halogens is 1. The monoisotopic (exact) mass is 271 g/mol. The van der Waals surface area contributed by atoms with Crippen LogP contribution in [0.3, 0.4) is 0 Å². The minimum absolute atomic E-state index is 0.132. The van der Waals surface area contributed by atoms with Crippen molar-refractivity contribution in [3.8, 4) is 0 Å². The minimum Gasteiger partial charge on any atom is -0.358 e. The molecule has 1 aromatic rings. The third-order valence-corrected chi connectivity index (χ3v) is 2.40. The van der Waals surface area contributed by atoms with E-state index in [0.29, 0.717) is 0 Å². The molecule has 2 amide bonds. The summed E-state index contributed by atoms with van der Waals surface area (Å²) >= 11 is 5.66. The van der Waals surface area contributed by atoms with Gasteiger partial charge in [0.1, 0.15) is 5.02 Å². The van der Waals surface area contributed by atoms with E-state index in [4.69, 9.17) is 11.6 Å². The fraction of sp³-hybridized carbons (Fsp3) is 0.200. The summed E-state index contributed by atoms with van der Waals surface area (Å²) in [7, 11) is 1.44. The second-order valence-electron chi connectivity index (χ2n) is 3.28. The molecule has 18 heavy (non-hydrogen) atoms. The predicted octanol–water partition coefficient (Wildman–Crippen LogP) is 0.724. The Hall–Kier alpha value is -2.15. The van der Waals surface area contributed by atoms with Crippen LogP contribution in [0.5, 0.6) is 0 Å². The van der Waals surface area contributed by atoms with Gasteiger partial charge in [-0.3, -0.25) is 19.7 Å². The predicted molar refractivity (Wildman–Crippen MR) is 64.5 cm³/mol. The summed E-state index contributed by atoms with van der Waals surface area (Å²) in [4.78, 5) is 32.4. The van der Waals surface area contributed by atoms with Gasteiger partial charge in [0.2, 0.25) is 5.91 Å². The molecule has 1 aromatic carbocycles. The number of amides is 2. The second kappa shape index (κ2) is 5.97. The smallest absolute Gasteiger partial charge is 0.287 e. The highest BCUT2D eigenvalue weighted by Crippen LogP contribution is 2.24. The van der Waals surface area contributed by atoms with Gasteiger partial charge >= 0.3 is 0 Å². The van der Waals surface area contributed by atoms with Crippen molar-refractivity contribution in [2.75, 3.05) is 13.6 Å². The second-order valence-corrected chi connectivity index (χ2v) is 3.69. The van der Waals surface area contributed by atoms with E-state index in [9.17, 15) is 19.7 Å². The van der Waals surface area contributed by atoms with Crippen molar-refractivity contribution < 1.29 is 14.5 Å². The van der Waals surface area contributed by atoms with Gasteiger partial charge in [-0.15, -0.1) is 0 Å². The first-order valence-electron chi connectivity index (χ1n) is 4.88. The number of carbonyl (C=O) groups is 2. The first kappa shape index (κ1) is 13.9. The number of likely N-dealkylation sites (N-methyl/N-ethyl adjacent to an activating group) is 1. The van der Waals surface area contributed by atoms with Crippen molar-refractivity contribution in [3.63, 3.8) is 0 Å². The summed E-state index contributed by atoms with van der Waals surface area (Å²) in [5.41, 5.74) is -0.131. The number of nitrogens with one attached hydrogen (secondary N) is 2. The molecular weight excluding hydrogens is 262 g/mol. The largest absolute Gasteiger partial charge is 0.358 e. The molecule has 96 valence electrons. The summed E-state index contributed by atoms with van der Waals surface area (Å²) in [6.07, 6.45) is 0. The van der Waals surface area contributed by atoms with Crippen molar-refractivity contribution in [3.05, 3.63) is 38.9 Å². The van der Waals surface area contributed by atoms with Gasteiger partial charge in [0.25, 0.3) is 11.6 Å². The molecule has 0 atom stereocenters. The molecule has 8 heteroatoms. The topological polar surface area (TPSA) is 101 Å². The van der Waals surface area contributed by atoms with Gasteiger partial charge in [-0.25, -0.2) is 0 Å². The fourth-order valence-corrected chi connectivity index (χ4v) is 1.40. The molecule has 0 aromatic heterocycles. The molecular formula is C10H10ClN3O4. The minimum atomic E-state index is -0.644. The summed E-state index contributed by atoms with van der Waals surface area (Å²) < 4.78 is 0. The normalized spacial score (nSPS) is 9.67. The molecule has 0 aliphatic rings. The fourth-order valence-electron chi connectivity index (χ4n) is 1.15. The highest BCUT2D eigenvalue weighted by atomic mass is 35.5. The average molecular weight is 272 g/mol. The van der Waals surface area contributed by atoms with Crippen LogP contribution in [0.15, 0.2) is 18.2 Å². The molecule has 0 heterocycles. The molecule has 0 aliphatic carbocycles. The van der Waals surface area contributed by atoms with Crippen LogP contribution < -0.4 is 10.6 Å². The lowest BCUT2D eigenvalue weighted by atomic mass is 10.2. The lowest BCUT2D eigenvalue weighted by Gasteiger charge is -2.04. The van der Waals surface area contributed by atoms with Crippen LogP contribution >= 0.6 is 11.6 Å². The lowest BCUT2D eigenvalue weighted by molar-refractivity contribution is -0.384. The van der Waals surface area contributed by atoms with Crippen molar-refractivity contribution in [2.45, 2.75) is 0 Å². The summed E-state index contributed by atoms with van der Waals surface area (Å²) in [6, 6.07) is 3.58. The maximum atomic E-state index is 11.6. The molecule has 0 bridgehead atoms. The Balaban J connectivity index is 2.79. The van der Waals surface area contributed by atoms with E-state index in [1.807, 2.05) is 0 Å². The Kier molecular flexibility index (Phi) is 4.61. The maximum absolute atomic E-state index is 11.6. The molecule has 0 fully saturated rings. The van der Waals surface area contributed by atoms with E-state index >= 15 is 0 Å². The van der Waals surface area contributed by atoms with E-state index in [-0.39, 0.29) is 28.7 Å². The molecule has 0 radical (unpaired) electrons. The van der Waals surface area contributed by atoms with Gasteiger partial charge in [0.05, 0.1) is 11.5 Å². The first-order chi connectivity index (χ1) is 8.45. The molecule has 0 saturated carbocycles. The number of benzene rings is 1. The van der Waals surface area contributed by atoms with Gasteiger partial charge < -0.3 is 10.6 Å². The molecule has 0 unspecified atom stereocenters. The van der Waals surface area contributed by atoms with Gasteiger partial charge in [-0.2, -0.15) is 0 Å². The SMILES string of the molecule is CNC(=O)CNC(=O)c1ccc([N+](=O)[O-])c(Cl)c1.